The average molecular weight is 403 g/mol. The minimum atomic E-state index is -3.77. The van der Waals surface area contributed by atoms with E-state index in [9.17, 15) is 23.1 Å². The van der Waals surface area contributed by atoms with Crippen LogP contribution in [0.25, 0.3) is 0 Å². The predicted octanol–water partition coefficient (Wildman–Crippen LogP) is 0.632. The quantitative estimate of drug-likeness (QED) is 0.783. The number of rotatable bonds is 5. The Bertz CT molecular complexity index is 1010. The van der Waals surface area contributed by atoms with Crippen LogP contribution in [0.4, 0.5) is 5.69 Å². The summed E-state index contributed by atoms with van der Waals surface area (Å²) in [4.78, 5) is 23.8. The highest BCUT2D eigenvalue weighted by atomic mass is 32.2. The fourth-order valence-corrected chi connectivity index (χ4v) is 4.57. The highest BCUT2D eigenvalue weighted by Gasteiger charge is 2.28. The van der Waals surface area contributed by atoms with Crippen LogP contribution in [0.2, 0.25) is 0 Å². The molecule has 1 aliphatic heterocycles. The number of nitrogens with zero attached hydrogens (tertiary/aromatic N) is 1. The molecule has 3 rings (SSSR count). The van der Waals surface area contributed by atoms with Gasteiger partial charge in [-0.25, -0.2) is 8.42 Å². The van der Waals surface area contributed by atoms with E-state index < -0.39 is 21.9 Å². The van der Waals surface area contributed by atoms with Gasteiger partial charge in [0.25, 0.3) is 5.91 Å². The molecule has 0 spiro atoms. The molecule has 0 aliphatic carbocycles. The molecule has 0 saturated carbocycles. The summed E-state index contributed by atoms with van der Waals surface area (Å²) in [6.45, 7) is 2.78. The number of sulfonamides is 1. The number of carbonyl (C=O) groups excluding carboxylic acids is 2. The number of ether oxygens (including phenoxy) is 1. The van der Waals surface area contributed by atoms with Gasteiger partial charge in [-0.3, -0.25) is 4.79 Å². The number of aryl methyl sites for hydroxylation is 1. The van der Waals surface area contributed by atoms with Gasteiger partial charge in [-0.05, 0) is 30.7 Å². The fraction of sp³-hybridized carbons (Fsp3) is 0.263. The van der Waals surface area contributed by atoms with E-state index in [-0.39, 0.29) is 34.8 Å². The number of carboxylic acids is 1. The number of amides is 1. The van der Waals surface area contributed by atoms with Gasteiger partial charge in [0.15, 0.2) is 0 Å². The van der Waals surface area contributed by atoms with Crippen molar-refractivity contribution in [1.82, 2.24) is 4.31 Å². The van der Waals surface area contributed by atoms with Gasteiger partial charge in [-0.15, -0.1) is 0 Å². The summed E-state index contributed by atoms with van der Waals surface area (Å²) in [5.74, 6) is -2.04. The van der Waals surface area contributed by atoms with Crippen LogP contribution in [0.15, 0.2) is 47.4 Å². The van der Waals surface area contributed by atoms with Crippen molar-refractivity contribution in [1.29, 1.82) is 0 Å². The summed E-state index contributed by atoms with van der Waals surface area (Å²) < 4.78 is 32.4. The molecule has 1 saturated heterocycles. The summed E-state index contributed by atoms with van der Waals surface area (Å²) >= 11 is 0. The van der Waals surface area contributed by atoms with Crippen molar-refractivity contribution in [3.05, 3.63) is 59.2 Å². The Balaban J connectivity index is 1.91. The molecule has 0 aromatic heterocycles. The zero-order chi connectivity index (χ0) is 20.3. The van der Waals surface area contributed by atoms with Crippen LogP contribution < -0.4 is 10.4 Å². The molecule has 1 heterocycles. The van der Waals surface area contributed by atoms with Gasteiger partial charge in [-0.2, -0.15) is 4.31 Å². The highest BCUT2D eigenvalue weighted by Crippen LogP contribution is 2.23. The predicted molar refractivity (Wildman–Crippen MR) is 99.5 cm³/mol. The van der Waals surface area contributed by atoms with E-state index in [0.29, 0.717) is 18.8 Å². The van der Waals surface area contributed by atoms with Gasteiger partial charge in [-0.1, -0.05) is 24.3 Å². The summed E-state index contributed by atoms with van der Waals surface area (Å²) in [5, 5.41) is 13.7. The van der Waals surface area contributed by atoms with Crippen molar-refractivity contribution in [3.8, 4) is 0 Å². The SMILES string of the molecule is Cc1ccc(C(=O)Nc2ccccc2C(=O)[O-])cc1S(=O)(=O)N1CCOCC1. The number of morpholine rings is 1. The lowest BCUT2D eigenvalue weighted by Gasteiger charge is -2.26. The minimum absolute atomic E-state index is 0.0373. The lowest BCUT2D eigenvalue weighted by atomic mass is 10.1. The molecule has 148 valence electrons. The Morgan fingerprint density at radius 3 is 2.46 bits per heavy atom. The van der Waals surface area contributed by atoms with Crippen LogP contribution in [0, 0.1) is 6.92 Å². The first-order valence-corrected chi connectivity index (χ1v) is 10.0. The van der Waals surface area contributed by atoms with E-state index in [1.807, 2.05) is 0 Å². The maximum Gasteiger partial charge on any atom is 0.255 e. The molecule has 0 bridgehead atoms. The monoisotopic (exact) mass is 403 g/mol. The molecule has 1 aliphatic rings. The van der Waals surface area contributed by atoms with Gasteiger partial charge < -0.3 is 20.0 Å². The number of anilines is 1. The number of nitrogens with one attached hydrogen (secondary N) is 1. The van der Waals surface area contributed by atoms with Crippen molar-refractivity contribution in [3.63, 3.8) is 0 Å². The summed E-state index contributed by atoms with van der Waals surface area (Å²) in [5.41, 5.74) is 0.526. The first kappa shape index (κ1) is 20.0. The molecule has 2 aromatic carbocycles. The van der Waals surface area contributed by atoms with E-state index in [1.54, 1.807) is 19.1 Å². The summed E-state index contributed by atoms with van der Waals surface area (Å²) in [6.07, 6.45) is 0. The fourth-order valence-electron chi connectivity index (χ4n) is 2.91. The van der Waals surface area contributed by atoms with Crippen LogP contribution in [0.1, 0.15) is 26.3 Å². The molecule has 1 N–H and O–H groups in total. The molecule has 0 radical (unpaired) electrons. The van der Waals surface area contributed by atoms with Crippen LogP contribution >= 0.6 is 0 Å². The molecule has 8 nitrogen and oxygen atoms in total. The lowest BCUT2D eigenvalue weighted by molar-refractivity contribution is -0.254. The molecule has 0 atom stereocenters. The van der Waals surface area contributed by atoms with Crippen molar-refractivity contribution in [2.24, 2.45) is 0 Å². The number of para-hydroxylation sites is 1. The second-order valence-corrected chi connectivity index (χ2v) is 8.19. The lowest BCUT2D eigenvalue weighted by Crippen LogP contribution is -2.40. The van der Waals surface area contributed by atoms with Crippen LogP contribution in [0.3, 0.4) is 0 Å². The molecular weight excluding hydrogens is 384 g/mol. The Morgan fingerprint density at radius 1 is 1.11 bits per heavy atom. The van der Waals surface area contributed by atoms with E-state index >= 15 is 0 Å². The molecule has 2 aromatic rings. The minimum Gasteiger partial charge on any atom is -0.545 e. The summed E-state index contributed by atoms with van der Waals surface area (Å²) in [7, 11) is -3.77. The standard InChI is InChI=1S/C19H20N2O6S/c1-13-6-7-14(12-17(13)28(25,26)21-8-10-27-11-9-21)18(22)20-16-5-3-2-4-15(16)19(23)24/h2-7,12H,8-11H2,1H3,(H,20,22)(H,23,24)/p-1. The summed E-state index contributed by atoms with van der Waals surface area (Å²) in [6, 6.07) is 10.2. The van der Waals surface area contributed by atoms with Gasteiger partial charge in [0.2, 0.25) is 10.0 Å². The molecule has 1 fully saturated rings. The second kappa shape index (κ2) is 8.09. The van der Waals surface area contributed by atoms with Crippen molar-refractivity contribution in [2.75, 3.05) is 31.6 Å². The zero-order valence-electron chi connectivity index (χ0n) is 15.2. The average Bonchev–Trinajstić information content (AvgIpc) is 2.69. The smallest absolute Gasteiger partial charge is 0.255 e. The van der Waals surface area contributed by atoms with E-state index in [4.69, 9.17) is 4.74 Å². The van der Waals surface area contributed by atoms with Crippen LogP contribution in [-0.4, -0.2) is 50.9 Å². The van der Waals surface area contributed by atoms with Gasteiger partial charge in [0.1, 0.15) is 0 Å². The van der Waals surface area contributed by atoms with E-state index in [0.717, 1.165) is 0 Å². The van der Waals surface area contributed by atoms with Crippen molar-refractivity contribution in [2.45, 2.75) is 11.8 Å². The maximum atomic E-state index is 12.9. The van der Waals surface area contributed by atoms with Gasteiger partial charge in [0.05, 0.1) is 29.8 Å². The molecule has 9 heteroatoms. The Morgan fingerprint density at radius 2 is 1.79 bits per heavy atom. The third-order valence-electron chi connectivity index (χ3n) is 4.43. The first-order chi connectivity index (χ1) is 13.3. The maximum absolute atomic E-state index is 12.9. The number of carboxylic acid groups (broad SMARTS) is 1. The Kier molecular flexibility index (Phi) is 5.78. The van der Waals surface area contributed by atoms with Crippen LogP contribution in [-0.2, 0) is 14.8 Å². The Labute approximate surface area is 162 Å². The molecule has 0 unspecified atom stereocenters. The normalized spacial score (nSPS) is 15.2. The molecule has 28 heavy (non-hydrogen) atoms. The molecular formula is C19H19N2O6S-. The molecule has 1 amide bonds. The van der Waals surface area contributed by atoms with Crippen LogP contribution in [0.5, 0.6) is 0 Å². The van der Waals surface area contributed by atoms with Gasteiger partial charge >= 0.3 is 0 Å². The van der Waals surface area contributed by atoms with Crippen molar-refractivity contribution >= 4 is 27.6 Å². The topological polar surface area (TPSA) is 116 Å². The van der Waals surface area contributed by atoms with E-state index in [1.165, 1.54) is 34.6 Å². The number of carbonyl (C=O) groups is 2. The third kappa shape index (κ3) is 4.06. The number of hydrogen-bond acceptors (Lipinski definition) is 6. The number of benzene rings is 2. The third-order valence-corrected chi connectivity index (χ3v) is 6.47. The first-order valence-electron chi connectivity index (χ1n) is 8.61. The number of hydrogen-bond donors (Lipinski definition) is 1. The Hall–Kier alpha value is -2.75. The largest absolute Gasteiger partial charge is 0.545 e. The second-order valence-electron chi connectivity index (χ2n) is 6.28. The highest BCUT2D eigenvalue weighted by molar-refractivity contribution is 7.89. The van der Waals surface area contributed by atoms with Gasteiger partial charge in [0, 0.05) is 24.2 Å². The van der Waals surface area contributed by atoms with E-state index in [2.05, 4.69) is 5.32 Å². The zero-order valence-corrected chi connectivity index (χ0v) is 16.0. The number of aromatic carboxylic acids is 1. The van der Waals surface area contributed by atoms with Crippen molar-refractivity contribution < 1.29 is 27.9 Å².